The monoisotopic (exact) mass is 233 g/mol. The van der Waals surface area contributed by atoms with Gasteiger partial charge in [-0.2, -0.15) is 0 Å². The van der Waals surface area contributed by atoms with E-state index in [-0.39, 0.29) is 6.04 Å². The average molecular weight is 233 g/mol. The molecule has 2 N–H and O–H groups in total. The minimum Gasteiger partial charge on any atom is -0.494 e. The van der Waals surface area contributed by atoms with Crippen LogP contribution < -0.4 is 10.5 Å². The zero-order valence-electron chi connectivity index (χ0n) is 10.9. The molecule has 0 bridgehead atoms. The summed E-state index contributed by atoms with van der Waals surface area (Å²) in [5, 5.41) is 0. The SMILES string of the molecule is CC(C)CCOc1ccc2c(c1)[C@H](N)CCC2. The Morgan fingerprint density at radius 2 is 2.24 bits per heavy atom. The maximum atomic E-state index is 6.14. The molecule has 1 aromatic rings. The molecule has 2 heteroatoms. The summed E-state index contributed by atoms with van der Waals surface area (Å²) in [5.41, 5.74) is 8.83. The van der Waals surface area contributed by atoms with E-state index in [9.17, 15) is 0 Å². The standard InChI is InChI=1S/C15H23NO/c1-11(2)8-9-17-13-7-6-12-4-3-5-15(16)14(12)10-13/h6-7,10-11,15H,3-5,8-9,16H2,1-2H3/t15-/m1/s1. The zero-order chi connectivity index (χ0) is 12.3. The van der Waals surface area contributed by atoms with Crippen molar-refractivity contribution < 1.29 is 4.74 Å². The van der Waals surface area contributed by atoms with Crippen molar-refractivity contribution in [2.75, 3.05) is 6.61 Å². The lowest BCUT2D eigenvalue weighted by Gasteiger charge is -2.22. The van der Waals surface area contributed by atoms with Crippen molar-refractivity contribution >= 4 is 0 Å². The highest BCUT2D eigenvalue weighted by Crippen LogP contribution is 2.30. The molecule has 0 saturated carbocycles. The van der Waals surface area contributed by atoms with Crippen LogP contribution in [0.25, 0.3) is 0 Å². The number of hydrogen-bond donors (Lipinski definition) is 1. The molecule has 94 valence electrons. The van der Waals surface area contributed by atoms with E-state index < -0.39 is 0 Å². The van der Waals surface area contributed by atoms with Gasteiger partial charge >= 0.3 is 0 Å². The number of aryl methyl sites for hydroxylation is 1. The number of benzene rings is 1. The molecule has 0 heterocycles. The fraction of sp³-hybridized carbons (Fsp3) is 0.600. The molecule has 1 aliphatic rings. The molecule has 0 aromatic heterocycles. The summed E-state index contributed by atoms with van der Waals surface area (Å²) in [6.07, 6.45) is 4.57. The first-order valence-corrected chi connectivity index (χ1v) is 6.68. The smallest absolute Gasteiger partial charge is 0.119 e. The highest BCUT2D eigenvalue weighted by molar-refractivity contribution is 5.39. The highest BCUT2D eigenvalue weighted by atomic mass is 16.5. The Morgan fingerprint density at radius 1 is 1.41 bits per heavy atom. The lowest BCUT2D eigenvalue weighted by Crippen LogP contribution is -2.17. The molecule has 0 unspecified atom stereocenters. The molecule has 1 atom stereocenters. The van der Waals surface area contributed by atoms with Crippen LogP contribution in [0.2, 0.25) is 0 Å². The van der Waals surface area contributed by atoms with Gasteiger partial charge in [0.1, 0.15) is 5.75 Å². The van der Waals surface area contributed by atoms with E-state index in [0.29, 0.717) is 5.92 Å². The number of nitrogens with two attached hydrogens (primary N) is 1. The molecule has 0 fully saturated rings. The van der Waals surface area contributed by atoms with Crippen LogP contribution in [0.3, 0.4) is 0 Å². The predicted molar refractivity (Wildman–Crippen MR) is 71.3 cm³/mol. The number of rotatable bonds is 4. The first kappa shape index (κ1) is 12.4. The fourth-order valence-electron chi connectivity index (χ4n) is 2.32. The second-order valence-corrected chi connectivity index (χ2v) is 5.39. The zero-order valence-corrected chi connectivity index (χ0v) is 10.9. The molecular weight excluding hydrogens is 210 g/mol. The van der Waals surface area contributed by atoms with Gasteiger partial charge < -0.3 is 10.5 Å². The Balaban J connectivity index is 2.02. The Hall–Kier alpha value is -1.02. The molecule has 0 radical (unpaired) electrons. The van der Waals surface area contributed by atoms with Gasteiger partial charge in [0.15, 0.2) is 0 Å². The number of ether oxygens (including phenoxy) is 1. The molecule has 17 heavy (non-hydrogen) atoms. The van der Waals surface area contributed by atoms with Crippen LogP contribution >= 0.6 is 0 Å². The Morgan fingerprint density at radius 3 is 3.00 bits per heavy atom. The molecule has 0 amide bonds. The van der Waals surface area contributed by atoms with Gasteiger partial charge in [-0.3, -0.25) is 0 Å². The third-order valence-corrected chi connectivity index (χ3v) is 3.44. The van der Waals surface area contributed by atoms with Crippen molar-refractivity contribution in [3.8, 4) is 5.75 Å². The molecule has 1 aliphatic carbocycles. The summed E-state index contributed by atoms with van der Waals surface area (Å²) in [7, 11) is 0. The van der Waals surface area contributed by atoms with Crippen LogP contribution in [-0.4, -0.2) is 6.61 Å². The highest BCUT2D eigenvalue weighted by Gasteiger charge is 2.17. The van der Waals surface area contributed by atoms with Crippen molar-refractivity contribution in [2.45, 2.75) is 45.6 Å². The summed E-state index contributed by atoms with van der Waals surface area (Å²) in [6.45, 7) is 5.23. The van der Waals surface area contributed by atoms with Crippen molar-refractivity contribution in [3.63, 3.8) is 0 Å². The average Bonchev–Trinajstić information content (AvgIpc) is 2.30. The first-order valence-electron chi connectivity index (χ1n) is 6.68. The second kappa shape index (κ2) is 5.54. The van der Waals surface area contributed by atoms with Crippen LogP contribution in [0.4, 0.5) is 0 Å². The summed E-state index contributed by atoms with van der Waals surface area (Å²) in [6, 6.07) is 6.60. The van der Waals surface area contributed by atoms with Crippen LogP contribution in [0, 0.1) is 5.92 Å². The van der Waals surface area contributed by atoms with E-state index in [1.54, 1.807) is 0 Å². The third kappa shape index (κ3) is 3.22. The van der Waals surface area contributed by atoms with Gasteiger partial charge in [-0.15, -0.1) is 0 Å². The fourth-order valence-corrected chi connectivity index (χ4v) is 2.32. The topological polar surface area (TPSA) is 35.2 Å². The van der Waals surface area contributed by atoms with Crippen molar-refractivity contribution in [3.05, 3.63) is 29.3 Å². The van der Waals surface area contributed by atoms with E-state index in [0.717, 1.165) is 31.6 Å². The van der Waals surface area contributed by atoms with Crippen LogP contribution in [-0.2, 0) is 6.42 Å². The molecule has 0 saturated heterocycles. The van der Waals surface area contributed by atoms with Crippen molar-refractivity contribution in [1.82, 2.24) is 0 Å². The summed E-state index contributed by atoms with van der Waals surface area (Å²) in [5.74, 6) is 1.66. The minimum atomic E-state index is 0.201. The minimum absolute atomic E-state index is 0.201. The summed E-state index contributed by atoms with van der Waals surface area (Å²) < 4.78 is 5.78. The molecule has 0 spiro atoms. The number of fused-ring (bicyclic) bond motifs is 1. The molecule has 2 nitrogen and oxygen atoms in total. The van der Waals surface area contributed by atoms with Gasteiger partial charge in [0, 0.05) is 6.04 Å². The van der Waals surface area contributed by atoms with Gasteiger partial charge in [0.05, 0.1) is 6.61 Å². The second-order valence-electron chi connectivity index (χ2n) is 5.39. The van der Waals surface area contributed by atoms with Gasteiger partial charge in [-0.05, 0) is 54.9 Å². The van der Waals surface area contributed by atoms with Gasteiger partial charge in [-0.25, -0.2) is 0 Å². The Bertz CT molecular complexity index is 373. The normalized spacial score (nSPS) is 19.2. The lowest BCUT2D eigenvalue weighted by molar-refractivity contribution is 0.289. The molecule has 1 aromatic carbocycles. The van der Waals surface area contributed by atoms with E-state index in [4.69, 9.17) is 10.5 Å². The summed E-state index contributed by atoms with van der Waals surface area (Å²) in [4.78, 5) is 0. The van der Waals surface area contributed by atoms with Gasteiger partial charge in [0.25, 0.3) is 0 Å². The summed E-state index contributed by atoms with van der Waals surface area (Å²) >= 11 is 0. The maximum Gasteiger partial charge on any atom is 0.119 e. The van der Waals surface area contributed by atoms with Crippen LogP contribution in [0.15, 0.2) is 18.2 Å². The maximum absolute atomic E-state index is 6.14. The van der Waals surface area contributed by atoms with Crippen molar-refractivity contribution in [2.24, 2.45) is 11.7 Å². The number of hydrogen-bond acceptors (Lipinski definition) is 2. The third-order valence-electron chi connectivity index (χ3n) is 3.44. The van der Waals surface area contributed by atoms with E-state index >= 15 is 0 Å². The van der Waals surface area contributed by atoms with E-state index in [2.05, 4.69) is 32.0 Å². The first-order chi connectivity index (χ1) is 8.16. The Labute approximate surface area is 104 Å². The lowest BCUT2D eigenvalue weighted by atomic mass is 9.88. The Kier molecular flexibility index (Phi) is 4.06. The van der Waals surface area contributed by atoms with Crippen LogP contribution in [0.1, 0.15) is 50.3 Å². The molecular formula is C15H23NO. The molecule has 2 rings (SSSR count). The largest absolute Gasteiger partial charge is 0.494 e. The quantitative estimate of drug-likeness (QED) is 0.864. The van der Waals surface area contributed by atoms with Crippen molar-refractivity contribution in [1.29, 1.82) is 0 Å². The van der Waals surface area contributed by atoms with E-state index in [1.807, 2.05) is 0 Å². The van der Waals surface area contributed by atoms with Crippen LogP contribution in [0.5, 0.6) is 5.75 Å². The van der Waals surface area contributed by atoms with Gasteiger partial charge in [-0.1, -0.05) is 19.9 Å². The predicted octanol–water partition coefficient (Wildman–Crippen LogP) is 3.45. The van der Waals surface area contributed by atoms with Gasteiger partial charge in [0.2, 0.25) is 0 Å². The van der Waals surface area contributed by atoms with E-state index in [1.165, 1.54) is 17.5 Å². The molecule has 0 aliphatic heterocycles.